The highest BCUT2D eigenvalue weighted by molar-refractivity contribution is 5.93. The van der Waals surface area contributed by atoms with Crippen LogP contribution < -0.4 is 21.3 Å². The smallest absolute Gasteiger partial charge is 0.319 e. The summed E-state index contributed by atoms with van der Waals surface area (Å²) in [7, 11) is 0. The van der Waals surface area contributed by atoms with Gasteiger partial charge in [-0.25, -0.2) is 9.78 Å². The van der Waals surface area contributed by atoms with Crippen LogP contribution in [-0.4, -0.2) is 34.3 Å². The van der Waals surface area contributed by atoms with Crippen molar-refractivity contribution in [3.63, 3.8) is 0 Å². The maximum Gasteiger partial charge on any atom is 0.319 e. The van der Waals surface area contributed by atoms with E-state index in [1.165, 1.54) is 0 Å². The van der Waals surface area contributed by atoms with Crippen LogP contribution in [0.25, 0.3) is 10.8 Å². The quantitative estimate of drug-likeness (QED) is 0.337. The second-order valence-electron chi connectivity index (χ2n) is 7.02. The van der Waals surface area contributed by atoms with Gasteiger partial charge in [0.2, 0.25) is 0 Å². The minimum absolute atomic E-state index is 0.256. The van der Waals surface area contributed by atoms with Crippen LogP contribution in [0.5, 0.6) is 0 Å². The average molecular weight is 413 g/mol. The number of urea groups is 1. The highest BCUT2D eigenvalue weighted by Gasteiger charge is 2.03. The molecule has 0 aliphatic heterocycles. The SMILES string of the molecule is Cc1ccc(Nc2ccc(NCCNC(=O)Nc3ccc4ccccc4c3)nn2)nc1. The fraction of sp³-hybridized carbons (Fsp3) is 0.130. The lowest BCUT2D eigenvalue weighted by Crippen LogP contribution is -2.32. The largest absolute Gasteiger partial charge is 0.367 e. The Hall–Kier alpha value is -4.20. The molecule has 2 aromatic carbocycles. The molecule has 0 atom stereocenters. The fourth-order valence-corrected chi connectivity index (χ4v) is 2.98. The molecule has 0 saturated carbocycles. The molecular formula is C23H23N7O. The van der Waals surface area contributed by atoms with Crippen LogP contribution in [0.15, 0.2) is 72.9 Å². The predicted octanol–water partition coefficient (Wildman–Crippen LogP) is 4.31. The van der Waals surface area contributed by atoms with Crippen LogP contribution in [0.2, 0.25) is 0 Å². The number of hydrogen-bond donors (Lipinski definition) is 4. The summed E-state index contributed by atoms with van der Waals surface area (Å²) in [6.45, 7) is 2.94. The van der Waals surface area contributed by atoms with Crippen molar-refractivity contribution in [2.24, 2.45) is 0 Å². The van der Waals surface area contributed by atoms with Crippen LogP contribution in [-0.2, 0) is 0 Å². The molecule has 0 spiro atoms. The fourth-order valence-electron chi connectivity index (χ4n) is 2.98. The van der Waals surface area contributed by atoms with Gasteiger partial charge in [-0.05, 0) is 53.6 Å². The number of amides is 2. The molecule has 0 bridgehead atoms. The number of fused-ring (bicyclic) bond motifs is 1. The number of pyridine rings is 1. The van der Waals surface area contributed by atoms with Gasteiger partial charge in [-0.15, -0.1) is 10.2 Å². The first-order valence-corrected chi connectivity index (χ1v) is 9.97. The molecule has 2 amide bonds. The van der Waals surface area contributed by atoms with Gasteiger partial charge >= 0.3 is 6.03 Å². The van der Waals surface area contributed by atoms with Crippen LogP contribution in [0.1, 0.15) is 5.56 Å². The summed E-state index contributed by atoms with van der Waals surface area (Å²) in [6, 6.07) is 21.1. The van der Waals surface area contributed by atoms with E-state index in [1.54, 1.807) is 6.20 Å². The topological polar surface area (TPSA) is 104 Å². The Labute approximate surface area is 180 Å². The lowest BCUT2D eigenvalue weighted by atomic mass is 10.1. The molecule has 4 N–H and O–H groups in total. The molecule has 8 heteroatoms. The van der Waals surface area contributed by atoms with Gasteiger partial charge < -0.3 is 21.3 Å². The van der Waals surface area contributed by atoms with Crippen molar-refractivity contribution in [3.05, 3.63) is 78.5 Å². The zero-order valence-electron chi connectivity index (χ0n) is 17.1. The third-order valence-electron chi connectivity index (χ3n) is 4.56. The molecule has 4 rings (SSSR count). The molecule has 156 valence electrons. The number of anilines is 4. The molecule has 0 fully saturated rings. The number of benzene rings is 2. The van der Waals surface area contributed by atoms with E-state index >= 15 is 0 Å². The molecule has 4 aromatic rings. The van der Waals surface area contributed by atoms with E-state index in [-0.39, 0.29) is 6.03 Å². The molecular weight excluding hydrogens is 390 g/mol. The van der Waals surface area contributed by atoms with E-state index < -0.39 is 0 Å². The van der Waals surface area contributed by atoms with Crippen LogP contribution >= 0.6 is 0 Å². The average Bonchev–Trinajstić information content (AvgIpc) is 2.79. The highest BCUT2D eigenvalue weighted by atomic mass is 16.2. The van der Waals surface area contributed by atoms with Crippen molar-refractivity contribution < 1.29 is 4.79 Å². The van der Waals surface area contributed by atoms with E-state index in [0.29, 0.717) is 30.5 Å². The van der Waals surface area contributed by atoms with Crippen molar-refractivity contribution in [1.29, 1.82) is 0 Å². The Morgan fingerprint density at radius 3 is 2.39 bits per heavy atom. The van der Waals surface area contributed by atoms with E-state index in [2.05, 4.69) is 36.4 Å². The van der Waals surface area contributed by atoms with Crippen molar-refractivity contribution in [2.75, 3.05) is 29.0 Å². The number of carbonyl (C=O) groups is 1. The summed E-state index contributed by atoms with van der Waals surface area (Å²) >= 11 is 0. The summed E-state index contributed by atoms with van der Waals surface area (Å²) in [5, 5.41) is 22.4. The molecule has 0 aliphatic rings. The second-order valence-corrected chi connectivity index (χ2v) is 7.02. The third kappa shape index (κ3) is 5.66. The molecule has 8 nitrogen and oxygen atoms in total. The Morgan fingerprint density at radius 1 is 0.839 bits per heavy atom. The first-order valence-electron chi connectivity index (χ1n) is 9.97. The normalized spacial score (nSPS) is 10.5. The number of nitrogens with one attached hydrogen (secondary N) is 4. The number of nitrogens with zero attached hydrogens (tertiary/aromatic N) is 3. The number of aryl methyl sites for hydroxylation is 1. The van der Waals surface area contributed by atoms with Crippen molar-refractivity contribution in [1.82, 2.24) is 20.5 Å². The molecule has 0 aliphatic carbocycles. The first-order chi connectivity index (χ1) is 15.2. The van der Waals surface area contributed by atoms with Gasteiger partial charge in [-0.2, -0.15) is 0 Å². The van der Waals surface area contributed by atoms with Crippen molar-refractivity contribution in [2.45, 2.75) is 6.92 Å². The maximum atomic E-state index is 12.1. The second kappa shape index (κ2) is 9.53. The van der Waals surface area contributed by atoms with E-state index in [4.69, 9.17) is 0 Å². The van der Waals surface area contributed by atoms with Gasteiger partial charge in [0, 0.05) is 25.0 Å². The molecule has 0 radical (unpaired) electrons. The third-order valence-corrected chi connectivity index (χ3v) is 4.56. The van der Waals surface area contributed by atoms with E-state index in [1.807, 2.05) is 73.7 Å². The van der Waals surface area contributed by atoms with Crippen molar-refractivity contribution in [3.8, 4) is 0 Å². The standard InChI is InChI=1S/C23H23N7O/c1-16-6-9-20(26-15-16)28-22-11-10-21(29-30-22)24-12-13-25-23(31)27-19-8-7-17-4-2-3-5-18(17)14-19/h2-11,14-15H,12-13H2,1H3,(H,24,29)(H2,25,27,31)(H,26,28,30). The van der Waals surface area contributed by atoms with Crippen LogP contribution in [0, 0.1) is 6.92 Å². The minimum atomic E-state index is -0.256. The zero-order valence-corrected chi connectivity index (χ0v) is 17.1. The number of hydrogen-bond acceptors (Lipinski definition) is 6. The Kier molecular flexibility index (Phi) is 6.18. The van der Waals surface area contributed by atoms with Crippen LogP contribution in [0.4, 0.5) is 27.9 Å². The lowest BCUT2D eigenvalue weighted by molar-refractivity contribution is 0.252. The summed E-state index contributed by atoms with van der Waals surface area (Å²) in [6.07, 6.45) is 1.79. The summed E-state index contributed by atoms with van der Waals surface area (Å²) in [4.78, 5) is 16.4. The van der Waals surface area contributed by atoms with E-state index in [0.717, 1.165) is 22.0 Å². The Balaban J connectivity index is 1.20. The monoisotopic (exact) mass is 413 g/mol. The lowest BCUT2D eigenvalue weighted by Gasteiger charge is -2.10. The summed E-state index contributed by atoms with van der Waals surface area (Å²) in [5.41, 5.74) is 1.84. The van der Waals surface area contributed by atoms with Crippen molar-refractivity contribution >= 4 is 39.9 Å². The Morgan fingerprint density at radius 2 is 1.61 bits per heavy atom. The van der Waals surface area contributed by atoms with Gasteiger partial charge in [0.05, 0.1) is 0 Å². The van der Waals surface area contributed by atoms with Crippen LogP contribution in [0.3, 0.4) is 0 Å². The molecule has 0 saturated heterocycles. The zero-order chi connectivity index (χ0) is 21.5. The molecule has 0 unspecified atom stereocenters. The van der Waals surface area contributed by atoms with Gasteiger partial charge in [0.15, 0.2) is 5.82 Å². The maximum absolute atomic E-state index is 12.1. The minimum Gasteiger partial charge on any atom is -0.367 e. The Bertz CT molecular complexity index is 1160. The summed E-state index contributed by atoms with van der Waals surface area (Å²) < 4.78 is 0. The van der Waals surface area contributed by atoms with E-state index in [9.17, 15) is 4.79 Å². The van der Waals surface area contributed by atoms with Gasteiger partial charge in [-0.3, -0.25) is 0 Å². The van der Waals surface area contributed by atoms with Gasteiger partial charge in [0.25, 0.3) is 0 Å². The predicted molar refractivity (Wildman–Crippen MR) is 124 cm³/mol. The number of aromatic nitrogens is 3. The molecule has 2 aromatic heterocycles. The number of carbonyl (C=O) groups excluding carboxylic acids is 1. The van der Waals surface area contributed by atoms with Gasteiger partial charge in [0.1, 0.15) is 11.6 Å². The molecule has 31 heavy (non-hydrogen) atoms. The molecule has 2 heterocycles. The van der Waals surface area contributed by atoms with Gasteiger partial charge in [-0.1, -0.05) is 36.4 Å². The number of rotatable bonds is 7. The highest BCUT2D eigenvalue weighted by Crippen LogP contribution is 2.18. The summed E-state index contributed by atoms with van der Waals surface area (Å²) in [5.74, 6) is 1.94. The first kappa shape index (κ1) is 20.1.